The van der Waals surface area contributed by atoms with E-state index in [1.165, 1.54) is 48.3 Å². The molecule has 0 N–H and O–H groups in total. The summed E-state index contributed by atoms with van der Waals surface area (Å²) >= 11 is 3.77. The van der Waals surface area contributed by atoms with E-state index in [2.05, 4.69) is 48.9 Å². The highest BCUT2D eigenvalue weighted by molar-refractivity contribution is 7.12. The Balaban J connectivity index is 2.39. The van der Waals surface area contributed by atoms with Crippen LogP contribution in [0.25, 0.3) is 11.1 Å². The van der Waals surface area contributed by atoms with E-state index < -0.39 is 0 Å². The van der Waals surface area contributed by atoms with Crippen LogP contribution >= 0.6 is 22.7 Å². The Hall–Kier alpha value is -0.860. The first-order valence-electron chi connectivity index (χ1n) is 7.66. The van der Waals surface area contributed by atoms with Crippen LogP contribution in [0.5, 0.6) is 0 Å². The molecule has 0 saturated heterocycles. The van der Waals surface area contributed by atoms with E-state index in [0.717, 1.165) is 0 Å². The highest BCUT2D eigenvalue weighted by Gasteiger charge is 2.12. The van der Waals surface area contributed by atoms with Crippen molar-refractivity contribution in [1.29, 1.82) is 0 Å². The van der Waals surface area contributed by atoms with Gasteiger partial charge < -0.3 is 0 Å². The molecule has 0 saturated carbocycles. The lowest BCUT2D eigenvalue weighted by Crippen LogP contribution is -1.91. The zero-order valence-electron chi connectivity index (χ0n) is 12.5. The highest BCUT2D eigenvalue weighted by Crippen LogP contribution is 2.37. The fraction of sp³-hybridized carbons (Fsp3) is 0.444. The monoisotopic (exact) mass is 304 g/mol. The molecule has 20 heavy (non-hydrogen) atoms. The predicted octanol–water partition coefficient (Wildman–Crippen LogP) is 7.10. The molecular weight excluding hydrogens is 280 g/mol. The smallest absolute Gasteiger partial charge is 0.0305 e. The molecule has 2 heterocycles. The molecule has 2 heteroatoms. The maximum absolute atomic E-state index is 2.29. The molecule has 2 aromatic heterocycles. The van der Waals surface area contributed by atoms with Crippen LogP contribution in [0.2, 0.25) is 0 Å². The van der Waals surface area contributed by atoms with E-state index in [4.69, 9.17) is 0 Å². The van der Waals surface area contributed by atoms with Gasteiger partial charge in [-0.05, 0) is 59.7 Å². The van der Waals surface area contributed by atoms with Crippen LogP contribution in [-0.4, -0.2) is 0 Å². The lowest BCUT2D eigenvalue weighted by Gasteiger charge is -2.13. The van der Waals surface area contributed by atoms with Crippen molar-refractivity contribution in [3.05, 3.63) is 44.8 Å². The molecule has 0 nitrogen and oxygen atoms in total. The molecule has 2 aromatic rings. The average Bonchev–Trinajstić information content (AvgIpc) is 3.14. The van der Waals surface area contributed by atoms with Gasteiger partial charge >= 0.3 is 0 Å². The first kappa shape index (κ1) is 15.5. The predicted molar refractivity (Wildman–Crippen MR) is 94.5 cm³/mol. The molecule has 0 aliphatic heterocycles. The summed E-state index contributed by atoms with van der Waals surface area (Å²) in [6.07, 6.45) is 7.53. The first-order valence-corrected chi connectivity index (χ1v) is 9.42. The summed E-state index contributed by atoms with van der Waals surface area (Å²) in [7, 11) is 0. The Labute approximate surface area is 131 Å². The van der Waals surface area contributed by atoms with E-state index in [-0.39, 0.29) is 0 Å². The van der Waals surface area contributed by atoms with Crippen LogP contribution in [0.15, 0.2) is 35.0 Å². The molecule has 0 radical (unpaired) electrons. The fourth-order valence-electron chi connectivity index (χ4n) is 2.45. The topological polar surface area (TPSA) is 0 Å². The van der Waals surface area contributed by atoms with Gasteiger partial charge in [0.1, 0.15) is 0 Å². The zero-order valence-corrected chi connectivity index (χ0v) is 14.2. The van der Waals surface area contributed by atoms with Gasteiger partial charge in [-0.25, -0.2) is 0 Å². The summed E-state index contributed by atoms with van der Waals surface area (Å²) in [6.45, 7) is 4.56. The van der Waals surface area contributed by atoms with Gasteiger partial charge in [0.05, 0.1) is 0 Å². The standard InChI is InChI=1S/C18H24S2/c1-3-5-9-15(17-11-7-13-19-17)16(10-6-4-2)18-12-8-14-20-18/h7-8,11-14H,3-6,9-10H2,1-2H3. The number of hydrogen-bond donors (Lipinski definition) is 0. The Morgan fingerprint density at radius 1 is 0.800 bits per heavy atom. The van der Waals surface area contributed by atoms with Crippen molar-refractivity contribution in [3.63, 3.8) is 0 Å². The Morgan fingerprint density at radius 3 is 1.55 bits per heavy atom. The third kappa shape index (κ3) is 4.07. The largest absolute Gasteiger partial charge is 0.144 e. The molecule has 0 aliphatic rings. The van der Waals surface area contributed by atoms with E-state index in [0.29, 0.717) is 0 Å². The number of hydrogen-bond acceptors (Lipinski definition) is 2. The summed E-state index contributed by atoms with van der Waals surface area (Å²) in [5, 5.41) is 4.40. The van der Waals surface area contributed by atoms with Crippen molar-refractivity contribution in [2.24, 2.45) is 0 Å². The molecule has 0 spiro atoms. The van der Waals surface area contributed by atoms with Crippen molar-refractivity contribution >= 4 is 33.8 Å². The van der Waals surface area contributed by atoms with Crippen LogP contribution in [0.3, 0.4) is 0 Å². The van der Waals surface area contributed by atoms with E-state index in [1.807, 2.05) is 22.7 Å². The molecule has 0 unspecified atom stereocenters. The minimum atomic E-state index is 1.22. The quantitative estimate of drug-likeness (QED) is 0.488. The summed E-state index contributed by atoms with van der Waals surface area (Å²) in [5.41, 5.74) is 3.19. The maximum Gasteiger partial charge on any atom is 0.0305 e. The van der Waals surface area contributed by atoms with Crippen LogP contribution in [-0.2, 0) is 0 Å². The normalized spacial score (nSPS) is 12.5. The van der Waals surface area contributed by atoms with Gasteiger partial charge in [-0.15, -0.1) is 22.7 Å². The molecule has 0 bridgehead atoms. The maximum atomic E-state index is 2.29. The first-order chi connectivity index (χ1) is 9.86. The average molecular weight is 305 g/mol. The van der Waals surface area contributed by atoms with Gasteiger partial charge in [0, 0.05) is 9.75 Å². The molecular formula is C18H24S2. The van der Waals surface area contributed by atoms with Gasteiger partial charge in [0.2, 0.25) is 0 Å². The second-order valence-corrected chi connectivity index (χ2v) is 7.01. The zero-order chi connectivity index (χ0) is 14.2. The lowest BCUT2D eigenvalue weighted by atomic mass is 9.95. The minimum Gasteiger partial charge on any atom is -0.144 e. The van der Waals surface area contributed by atoms with E-state index in [9.17, 15) is 0 Å². The number of allylic oxidation sites excluding steroid dienone is 2. The van der Waals surface area contributed by atoms with Crippen LogP contribution in [0.1, 0.15) is 62.1 Å². The minimum absolute atomic E-state index is 1.22. The second-order valence-electron chi connectivity index (χ2n) is 5.12. The number of rotatable bonds is 8. The van der Waals surface area contributed by atoms with Crippen LogP contribution < -0.4 is 0 Å². The second kappa shape index (κ2) is 8.43. The molecule has 0 fully saturated rings. The van der Waals surface area contributed by atoms with Crippen molar-refractivity contribution in [2.75, 3.05) is 0 Å². The van der Waals surface area contributed by atoms with Gasteiger partial charge in [-0.3, -0.25) is 0 Å². The third-order valence-corrected chi connectivity index (χ3v) is 5.42. The molecule has 0 atom stereocenters. The third-order valence-electron chi connectivity index (χ3n) is 3.56. The summed E-state index contributed by atoms with van der Waals surface area (Å²) < 4.78 is 0. The van der Waals surface area contributed by atoms with Crippen LogP contribution in [0.4, 0.5) is 0 Å². The van der Waals surface area contributed by atoms with E-state index in [1.54, 1.807) is 11.1 Å². The molecule has 0 aromatic carbocycles. The number of unbranched alkanes of at least 4 members (excludes halogenated alkanes) is 2. The van der Waals surface area contributed by atoms with Gasteiger partial charge in [0.25, 0.3) is 0 Å². The molecule has 2 rings (SSSR count). The van der Waals surface area contributed by atoms with Crippen molar-refractivity contribution in [2.45, 2.75) is 52.4 Å². The molecule has 0 aliphatic carbocycles. The number of thiophene rings is 2. The summed E-state index contributed by atoms with van der Waals surface area (Å²) in [5.74, 6) is 0. The Kier molecular flexibility index (Phi) is 6.55. The summed E-state index contributed by atoms with van der Waals surface area (Å²) in [6, 6.07) is 8.93. The van der Waals surface area contributed by atoms with Crippen LogP contribution in [0, 0.1) is 0 Å². The molecule has 108 valence electrons. The molecule has 0 amide bonds. The van der Waals surface area contributed by atoms with Gasteiger partial charge in [0.15, 0.2) is 0 Å². The SMILES string of the molecule is CCCCC(=C(CCCC)c1cccs1)c1cccs1. The van der Waals surface area contributed by atoms with Crippen molar-refractivity contribution < 1.29 is 0 Å². The van der Waals surface area contributed by atoms with E-state index >= 15 is 0 Å². The Morgan fingerprint density at radius 2 is 1.25 bits per heavy atom. The fourth-order valence-corrected chi connectivity index (χ4v) is 4.11. The van der Waals surface area contributed by atoms with Crippen molar-refractivity contribution in [1.82, 2.24) is 0 Å². The van der Waals surface area contributed by atoms with Gasteiger partial charge in [-0.1, -0.05) is 38.8 Å². The Bertz CT molecular complexity index is 455. The summed E-state index contributed by atoms with van der Waals surface area (Å²) in [4.78, 5) is 2.94. The van der Waals surface area contributed by atoms with Gasteiger partial charge in [-0.2, -0.15) is 0 Å². The van der Waals surface area contributed by atoms with Crippen molar-refractivity contribution in [3.8, 4) is 0 Å². The lowest BCUT2D eigenvalue weighted by molar-refractivity contribution is 0.810. The highest BCUT2D eigenvalue weighted by atomic mass is 32.1.